The highest BCUT2D eigenvalue weighted by molar-refractivity contribution is 9.11. The maximum Gasteiger partial charge on any atom is 0.262 e. The lowest BCUT2D eigenvalue weighted by molar-refractivity contribution is -0.127. The van der Waals surface area contributed by atoms with Crippen LogP contribution in [0.1, 0.15) is 31.2 Å². The quantitative estimate of drug-likeness (QED) is 0.481. The van der Waals surface area contributed by atoms with Crippen molar-refractivity contribution in [3.63, 3.8) is 0 Å². The average Bonchev–Trinajstić information content (AvgIpc) is 2.87. The van der Waals surface area contributed by atoms with Crippen LogP contribution in [0.4, 0.5) is 5.82 Å². The van der Waals surface area contributed by atoms with Crippen molar-refractivity contribution in [2.45, 2.75) is 33.1 Å². The Morgan fingerprint density at radius 1 is 1.41 bits per heavy atom. The van der Waals surface area contributed by atoms with Crippen molar-refractivity contribution in [3.8, 4) is 0 Å². The molecule has 0 spiro atoms. The maximum atomic E-state index is 11.3. The fourth-order valence-electron chi connectivity index (χ4n) is 2.24. The van der Waals surface area contributed by atoms with E-state index in [2.05, 4.69) is 44.1 Å². The van der Waals surface area contributed by atoms with E-state index in [0.29, 0.717) is 0 Å². The summed E-state index contributed by atoms with van der Waals surface area (Å²) in [5.74, 6) is 0.287. The van der Waals surface area contributed by atoms with E-state index in [1.165, 1.54) is 0 Å². The molecule has 0 radical (unpaired) electrons. The van der Waals surface area contributed by atoms with Crippen LogP contribution in [0.3, 0.4) is 0 Å². The van der Waals surface area contributed by atoms with Crippen molar-refractivity contribution < 1.29 is 10.0 Å². The lowest BCUT2D eigenvalue weighted by Gasteiger charge is -2.11. The van der Waals surface area contributed by atoms with Crippen LogP contribution >= 0.6 is 31.9 Å². The number of fused-ring (bicyclic) bond motifs is 1. The van der Waals surface area contributed by atoms with Gasteiger partial charge < -0.3 is 5.32 Å². The second-order valence-corrected chi connectivity index (χ2v) is 6.69. The van der Waals surface area contributed by atoms with Gasteiger partial charge in [0.05, 0.1) is 16.7 Å². The van der Waals surface area contributed by atoms with Crippen LogP contribution in [0.25, 0.3) is 5.65 Å². The number of nitrogens with zero attached hydrogens (tertiary/aromatic N) is 2. The third-order valence-corrected chi connectivity index (χ3v) is 4.79. The Labute approximate surface area is 145 Å². The van der Waals surface area contributed by atoms with E-state index in [0.717, 1.165) is 51.1 Å². The number of carbonyl (C=O) groups excluding carboxylic acids is 1. The Balaban J connectivity index is 2.53. The largest absolute Gasteiger partial charge is 0.360 e. The first kappa shape index (κ1) is 17.2. The number of anilines is 1. The summed E-state index contributed by atoms with van der Waals surface area (Å²) in [6, 6.07) is 1.96. The number of imidazole rings is 1. The number of aryl methyl sites for hydroxylation is 2. The number of rotatable bonds is 6. The summed E-state index contributed by atoms with van der Waals surface area (Å²) in [6.45, 7) is 4.08. The van der Waals surface area contributed by atoms with Crippen molar-refractivity contribution >= 4 is 49.2 Å². The summed E-state index contributed by atoms with van der Waals surface area (Å²) >= 11 is 7.06. The minimum atomic E-state index is -0.497. The molecule has 0 atom stereocenters. The van der Waals surface area contributed by atoms with Crippen LogP contribution in [0.5, 0.6) is 0 Å². The minimum absolute atomic E-state index is 0.0208. The van der Waals surface area contributed by atoms with E-state index in [1.54, 1.807) is 5.48 Å². The second kappa shape index (κ2) is 7.43. The van der Waals surface area contributed by atoms with Crippen molar-refractivity contribution in [2.75, 3.05) is 11.9 Å². The first-order valence-corrected chi connectivity index (χ1v) is 8.60. The van der Waals surface area contributed by atoms with Crippen molar-refractivity contribution in [2.24, 2.45) is 0 Å². The Morgan fingerprint density at radius 3 is 2.77 bits per heavy atom. The number of nitrogens with one attached hydrogen (secondary N) is 2. The number of amides is 1. The first-order valence-electron chi connectivity index (χ1n) is 7.02. The number of pyridine rings is 1. The Hall–Kier alpha value is -1.12. The topological polar surface area (TPSA) is 78.7 Å². The van der Waals surface area contributed by atoms with Crippen LogP contribution in [0.2, 0.25) is 0 Å². The van der Waals surface area contributed by atoms with Crippen LogP contribution in [-0.4, -0.2) is 27.0 Å². The average molecular weight is 434 g/mol. The van der Waals surface area contributed by atoms with E-state index in [9.17, 15) is 4.79 Å². The predicted octanol–water partition coefficient (Wildman–Crippen LogP) is 3.43. The van der Waals surface area contributed by atoms with Gasteiger partial charge in [-0.2, -0.15) is 0 Å². The molecule has 22 heavy (non-hydrogen) atoms. The van der Waals surface area contributed by atoms with Gasteiger partial charge in [-0.1, -0.05) is 13.3 Å². The molecule has 0 aliphatic heterocycles. The molecule has 2 aromatic heterocycles. The fraction of sp³-hybridized carbons (Fsp3) is 0.429. The van der Waals surface area contributed by atoms with E-state index < -0.39 is 5.91 Å². The Kier molecular flexibility index (Phi) is 5.82. The molecule has 0 saturated heterocycles. The third-order valence-electron chi connectivity index (χ3n) is 3.41. The van der Waals surface area contributed by atoms with Gasteiger partial charge in [0.25, 0.3) is 5.91 Å². The number of hydroxylamine groups is 1. The maximum absolute atomic E-state index is 11.3. The molecule has 8 heteroatoms. The van der Waals surface area contributed by atoms with Gasteiger partial charge >= 0.3 is 0 Å². The van der Waals surface area contributed by atoms with E-state index in [4.69, 9.17) is 10.2 Å². The highest BCUT2D eigenvalue weighted by atomic mass is 79.9. The first-order chi connectivity index (χ1) is 10.5. The Morgan fingerprint density at radius 2 is 2.14 bits per heavy atom. The predicted molar refractivity (Wildman–Crippen MR) is 92.4 cm³/mol. The summed E-state index contributed by atoms with van der Waals surface area (Å²) in [6.07, 6.45) is 2.90. The number of halogens is 2. The van der Waals surface area contributed by atoms with Crippen LogP contribution < -0.4 is 10.8 Å². The third kappa shape index (κ3) is 3.44. The van der Waals surface area contributed by atoms with Crippen molar-refractivity contribution in [3.05, 3.63) is 26.4 Å². The van der Waals surface area contributed by atoms with Gasteiger partial charge in [0, 0.05) is 10.2 Å². The smallest absolute Gasteiger partial charge is 0.262 e. The molecule has 0 saturated carbocycles. The van der Waals surface area contributed by atoms with Gasteiger partial charge in [-0.05, 0) is 57.7 Å². The summed E-state index contributed by atoms with van der Waals surface area (Å²) < 4.78 is 3.80. The number of aromatic nitrogens is 2. The molecular formula is C14H18Br2N4O2. The molecule has 3 N–H and O–H groups in total. The van der Waals surface area contributed by atoms with Crippen LogP contribution in [0.15, 0.2) is 15.0 Å². The Bertz CT molecular complexity index is 700. The van der Waals surface area contributed by atoms with E-state index in [1.807, 2.05) is 17.4 Å². The summed E-state index contributed by atoms with van der Waals surface area (Å²) in [5.41, 5.74) is 4.33. The molecule has 0 bridgehead atoms. The molecule has 6 nitrogen and oxygen atoms in total. The molecule has 0 aromatic carbocycles. The van der Waals surface area contributed by atoms with Gasteiger partial charge in [0.15, 0.2) is 5.65 Å². The number of unbranched alkanes of at least 4 members (excludes halogenated alkanes) is 1. The number of carbonyl (C=O) groups is 1. The highest BCUT2D eigenvalue weighted by Crippen LogP contribution is 2.31. The second-order valence-electron chi connectivity index (χ2n) is 4.98. The standard InChI is InChI=1S/C14H18Br2N4O2/c1-3-4-5-11-14(17-7-12(21)19-22)20-8(2)9(15)6-10(16)13(20)18-11/h6,17,22H,3-5,7H2,1-2H3,(H,19,21). The minimum Gasteiger partial charge on any atom is -0.360 e. The summed E-state index contributed by atoms with van der Waals surface area (Å²) in [7, 11) is 0. The molecule has 0 unspecified atom stereocenters. The SMILES string of the molecule is CCCCc1nc2c(Br)cc(Br)c(C)n2c1NCC(=O)NO. The summed E-state index contributed by atoms with van der Waals surface area (Å²) in [4.78, 5) is 16.0. The van der Waals surface area contributed by atoms with Gasteiger partial charge in [0.1, 0.15) is 5.82 Å². The number of hydrogen-bond acceptors (Lipinski definition) is 4. The van der Waals surface area contributed by atoms with E-state index in [-0.39, 0.29) is 6.54 Å². The lowest BCUT2D eigenvalue weighted by Crippen LogP contribution is -2.27. The molecule has 2 rings (SSSR count). The molecule has 0 aliphatic rings. The molecule has 0 aliphatic carbocycles. The molecule has 120 valence electrons. The molecule has 1 amide bonds. The van der Waals surface area contributed by atoms with E-state index >= 15 is 0 Å². The normalized spacial score (nSPS) is 11.0. The fourth-order valence-corrected chi connectivity index (χ4v) is 3.45. The van der Waals surface area contributed by atoms with Crippen molar-refractivity contribution in [1.29, 1.82) is 0 Å². The lowest BCUT2D eigenvalue weighted by atomic mass is 10.2. The zero-order chi connectivity index (χ0) is 16.3. The van der Waals surface area contributed by atoms with Crippen molar-refractivity contribution in [1.82, 2.24) is 14.9 Å². The number of hydrogen-bond donors (Lipinski definition) is 3. The van der Waals surface area contributed by atoms with Gasteiger partial charge in [-0.15, -0.1) is 0 Å². The summed E-state index contributed by atoms with van der Waals surface area (Å²) in [5, 5.41) is 11.7. The molecule has 0 fully saturated rings. The van der Waals surface area contributed by atoms with Crippen LogP contribution in [-0.2, 0) is 11.2 Å². The van der Waals surface area contributed by atoms with Gasteiger partial charge in [0.2, 0.25) is 0 Å². The van der Waals surface area contributed by atoms with Gasteiger partial charge in [-0.3, -0.25) is 14.4 Å². The molecular weight excluding hydrogens is 416 g/mol. The zero-order valence-corrected chi connectivity index (χ0v) is 15.6. The molecule has 2 aromatic rings. The molecule has 2 heterocycles. The zero-order valence-electron chi connectivity index (χ0n) is 12.4. The highest BCUT2D eigenvalue weighted by Gasteiger charge is 2.17. The monoisotopic (exact) mass is 432 g/mol. The van der Waals surface area contributed by atoms with Crippen LogP contribution in [0, 0.1) is 6.92 Å². The van der Waals surface area contributed by atoms with Gasteiger partial charge in [-0.25, -0.2) is 10.5 Å².